The van der Waals surface area contributed by atoms with Gasteiger partial charge in [0.1, 0.15) is 5.75 Å². The van der Waals surface area contributed by atoms with Crippen molar-refractivity contribution in [2.75, 3.05) is 51.3 Å². The summed E-state index contributed by atoms with van der Waals surface area (Å²) in [6.45, 7) is 7.13. The minimum atomic E-state index is -3.30. The van der Waals surface area contributed by atoms with Crippen LogP contribution in [0.15, 0.2) is 48.5 Å². The van der Waals surface area contributed by atoms with Gasteiger partial charge < -0.3 is 9.64 Å². The average Bonchev–Trinajstić information content (AvgIpc) is 2.73. The SMILES string of the molecule is COc1ccccc1N1CCN(CCCNS(=O)(=O)Cc2ccccc2C)CC1. The highest BCUT2D eigenvalue weighted by atomic mass is 32.2. The molecule has 0 atom stereocenters. The van der Waals surface area contributed by atoms with Gasteiger partial charge >= 0.3 is 0 Å². The summed E-state index contributed by atoms with van der Waals surface area (Å²) in [4.78, 5) is 4.74. The molecule has 0 aliphatic carbocycles. The third kappa shape index (κ3) is 6.19. The van der Waals surface area contributed by atoms with Gasteiger partial charge in [-0.25, -0.2) is 13.1 Å². The lowest BCUT2D eigenvalue weighted by Crippen LogP contribution is -2.47. The molecule has 158 valence electrons. The van der Waals surface area contributed by atoms with Gasteiger partial charge in [-0.05, 0) is 43.1 Å². The first-order valence-corrected chi connectivity index (χ1v) is 11.8. The maximum absolute atomic E-state index is 12.3. The molecule has 0 spiro atoms. The molecule has 2 aromatic rings. The highest BCUT2D eigenvalue weighted by Crippen LogP contribution is 2.28. The molecule has 0 radical (unpaired) electrons. The van der Waals surface area contributed by atoms with Crippen molar-refractivity contribution in [3.8, 4) is 5.75 Å². The van der Waals surface area contributed by atoms with Gasteiger partial charge in [0.25, 0.3) is 0 Å². The van der Waals surface area contributed by atoms with Gasteiger partial charge in [-0.15, -0.1) is 0 Å². The number of nitrogens with one attached hydrogen (secondary N) is 1. The van der Waals surface area contributed by atoms with Gasteiger partial charge in [0.2, 0.25) is 10.0 Å². The van der Waals surface area contributed by atoms with Gasteiger partial charge in [0.05, 0.1) is 18.6 Å². The number of anilines is 1. The van der Waals surface area contributed by atoms with Gasteiger partial charge in [0.15, 0.2) is 0 Å². The molecule has 0 amide bonds. The van der Waals surface area contributed by atoms with Crippen molar-refractivity contribution in [1.82, 2.24) is 9.62 Å². The number of para-hydroxylation sites is 2. The fraction of sp³-hybridized carbons (Fsp3) is 0.455. The molecule has 0 aromatic heterocycles. The van der Waals surface area contributed by atoms with Crippen molar-refractivity contribution >= 4 is 15.7 Å². The van der Waals surface area contributed by atoms with Crippen molar-refractivity contribution in [2.24, 2.45) is 0 Å². The molecular weight excluding hydrogens is 386 g/mol. The lowest BCUT2D eigenvalue weighted by Gasteiger charge is -2.36. The van der Waals surface area contributed by atoms with E-state index in [0.29, 0.717) is 6.54 Å². The van der Waals surface area contributed by atoms with E-state index in [9.17, 15) is 8.42 Å². The number of ether oxygens (including phenoxy) is 1. The molecule has 3 rings (SSSR count). The summed E-state index contributed by atoms with van der Waals surface area (Å²) in [6.07, 6.45) is 0.807. The summed E-state index contributed by atoms with van der Waals surface area (Å²) >= 11 is 0. The number of nitrogens with zero attached hydrogens (tertiary/aromatic N) is 2. The molecule has 1 fully saturated rings. The molecule has 1 aliphatic rings. The molecule has 1 N–H and O–H groups in total. The zero-order chi connectivity index (χ0) is 20.7. The number of methoxy groups -OCH3 is 1. The van der Waals surface area contributed by atoms with Crippen LogP contribution in [-0.2, 0) is 15.8 Å². The molecule has 0 unspecified atom stereocenters. The third-order valence-corrected chi connectivity index (χ3v) is 6.71. The molecule has 29 heavy (non-hydrogen) atoms. The molecule has 6 nitrogen and oxygen atoms in total. The fourth-order valence-electron chi connectivity index (χ4n) is 3.66. The maximum atomic E-state index is 12.3. The predicted molar refractivity (Wildman–Crippen MR) is 118 cm³/mol. The van der Waals surface area contributed by atoms with Gasteiger partial charge in [0, 0.05) is 32.7 Å². The van der Waals surface area contributed by atoms with Crippen molar-refractivity contribution in [3.05, 3.63) is 59.7 Å². The highest BCUT2D eigenvalue weighted by molar-refractivity contribution is 7.88. The van der Waals surface area contributed by atoms with Gasteiger partial charge in [-0.1, -0.05) is 36.4 Å². The van der Waals surface area contributed by atoms with Crippen LogP contribution >= 0.6 is 0 Å². The van der Waals surface area contributed by atoms with Crippen LogP contribution in [-0.4, -0.2) is 59.7 Å². The Morgan fingerprint density at radius 3 is 2.41 bits per heavy atom. The van der Waals surface area contributed by atoms with Crippen molar-refractivity contribution < 1.29 is 13.2 Å². The smallest absolute Gasteiger partial charge is 0.215 e. The monoisotopic (exact) mass is 417 g/mol. The van der Waals surface area contributed by atoms with Crippen LogP contribution in [0.1, 0.15) is 17.5 Å². The Hall–Kier alpha value is -2.09. The quantitative estimate of drug-likeness (QED) is 0.636. The summed E-state index contributed by atoms with van der Waals surface area (Å²) < 4.78 is 32.8. The van der Waals surface area contributed by atoms with E-state index in [1.54, 1.807) is 7.11 Å². The average molecular weight is 418 g/mol. The van der Waals surface area contributed by atoms with E-state index in [0.717, 1.165) is 61.7 Å². The van der Waals surface area contributed by atoms with Crippen LogP contribution in [0.4, 0.5) is 5.69 Å². The topological polar surface area (TPSA) is 61.9 Å². The second kappa shape index (κ2) is 10.1. The Kier molecular flexibility index (Phi) is 7.52. The molecule has 1 aliphatic heterocycles. The lowest BCUT2D eigenvalue weighted by atomic mass is 10.1. The van der Waals surface area contributed by atoms with E-state index in [1.165, 1.54) is 0 Å². The summed E-state index contributed by atoms with van der Waals surface area (Å²) in [5.41, 5.74) is 3.00. The molecule has 2 aromatic carbocycles. The predicted octanol–water partition coefficient (Wildman–Crippen LogP) is 2.64. The molecular formula is C22H31N3O3S. The second-order valence-corrected chi connectivity index (χ2v) is 9.24. The number of benzene rings is 2. The van der Waals surface area contributed by atoms with Crippen molar-refractivity contribution in [1.29, 1.82) is 0 Å². The van der Waals surface area contributed by atoms with Crippen LogP contribution in [0, 0.1) is 6.92 Å². The number of sulfonamides is 1. The van der Waals surface area contributed by atoms with E-state index in [1.807, 2.05) is 49.4 Å². The Balaban J connectivity index is 1.39. The fourth-order valence-corrected chi connectivity index (χ4v) is 4.95. The summed E-state index contributed by atoms with van der Waals surface area (Å²) in [5, 5.41) is 0. The third-order valence-electron chi connectivity index (χ3n) is 5.38. The van der Waals surface area contributed by atoms with Crippen LogP contribution in [0.25, 0.3) is 0 Å². The van der Waals surface area contributed by atoms with E-state index >= 15 is 0 Å². The highest BCUT2D eigenvalue weighted by Gasteiger charge is 2.19. The Morgan fingerprint density at radius 2 is 1.69 bits per heavy atom. The zero-order valence-electron chi connectivity index (χ0n) is 17.3. The summed E-state index contributed by atoms with van der Waals surface area (Å²) in [7, 11) is -1.60. The zero-order valence-corrected chi connectivity index (χ0v) is 18.1. The summed E-state index contributed by atoms with van der Waals surface area (Å²) in [5.74, 6) is 0.945. The van der Waals surface area contributed by atoms with E-state index < -0.39 is 10.0 Å². The molecule has 1 saturated heterocycles. The van der Waals surface area contributed by atoms with Crippen LogP contribution in [0.3, 0.4) is 0 Å². The first-order valence-electron chi connectivity index (χ1n) is 10.1. The van der Waals surface area contributed by atoms with E-state index in [4.69, 9.17) is 4.74 Å². The van der Waals surface area contributed by atoms with E-state index in [-0.39, 0.29) is 5.75 Å². The van der Waals surface area contributed by atoms with Gasteiger partial charge in [-0.3, -0.25) is 4.90 Å². The first kappa shape index (κ1) is 21.6. The summed E-state index contributed by atoms with van der Waals surface area (Å²) in [6, 6.07) is 15.7. The number of hydrogen-bond donors (Lipinski definition) is 1. The lowest BCUT2D eigenvalue weighted by molar-refractivity contribution is 0.254. The van der Waals surface area contributed by atoms with Crippen LogP contribution in [0.5, 0.6) is 5.75 Å². The Bertz CT molecular complexity index is 894. The van der Waals surface area contributed by atoms with Gasteiger partial charge in [-0.2, -0.15) is 0 Å². The largest absolute Gasteiger partial charge is 0.495 e. The van der Waals surface area contributed by atoms with Crippen LogP contribution in [0.2, 0.25) is 0 Å². The minimum Gasteiger partial charge on any atom is -0.495 e. The molecule has 0 saturated carbocycles. The number of hydrogen-bond acceptors (Lipinski definition) is 5. The number of piperazine rings is 1. The normalized spacial score (nSPS) is 15.4. The van der Waals surface area contributed by atoms with Crippen LogP contribution < -0.4 is 14.4 Å². The first-order chi connectivity index (χ1) is 14.0. The number of rotatable bonds is 9. The maximum Gasteiger partial charge on any atom is 0.215 e. The van der Waals surface area contributed by atoms with Crippen molar-refractivity contribution in [2.45, 2.75) is 19.1 Å². The molecule has 1 heterocycles. The second-order valence-electron chi connectivity index (χ2n) is 7.43. The molecule has 7 heteroatoms. The molecule has 0 bridgehead atoms. The standard InChI is InChI=1S/C22H31N3O3S/c1-19-8-3-4-9-20(19)18-29(26,27)23-12-7-13-24-14-16-25(17-15-24)21-10-5-6-11-22(21)28-2/h3-6,8-11,23H,7,12-18H2,1-2H3. The Labute approximate surface area is 174 Å². The number of aryl methyl sites for hydroxylation is 1. The minimum absolute atomic E-state index is 0.0389. The Morgan fingerprint density at radius 1 is 1.00 bits per heavy atom. The van der Waals surface area contributed by atoms with E-state index in [2.05, 4.69) is 20.6 Å². The van der Waals surface area contributed by atoms with Crippen molar-refractivity contribution in [3.63, 3.8) is 0 Å².